The van der Waals surface area contributed by atoms with E-state index in [0.717, 1.165) is 46.8 Å². The minimum atomic E-state index is -0.369. The summed E-state index contributed by atoms with van der Waals surface area (Å²) in [6.45, 7) is 7.68. The Morgan fingerprint density at radius 2 is 2.00 bits per heavy atom. The number of rotatable bonds is 4. The van der Waals surface area contributed by atoms with Crippen LogP contribution in [0.25, 0.3) is 11.1 Å². The van der Waals surface area contributed by atoms with E-state index in [-0.39, 0.29) is 17.5 Å². The second kappa shape index (κ2) is 8.04. The summed E-state index contributed by atoms with van der Waals surface area (Å²) in [4.78, 5) is 13.6. The molecule has 1 aliphatic carbocycles. The number of nitrogens with zero attached hydrogens (tertiary/aromatic N) is 3. The lowest BCUT2D eigenvalue weighted by atomic mass is 9.96. The van der Waals surface area contributed by atoms with Gasteiger partial charge in [0.2, 0.25) is 0 Å². The van der Waals surface area contributed by atoms with Crippen molar-refractivity contribution in [1.82, 2.24) is 9.88 Å². The van der Waals surface area contributed by atoms with Crippen molar-refractivity contribution in [3.05, 3.63) is 44.6 Å². The monoisotopic (exact) mass is 392 g/mol. The Labute approximate surface area is 169 Å². The smallest absolute Gasteiger partial charge is 0.262 e. The van der Waals surface area contributed by atoms with E-state index in [0.29, 0.717) is 0 Å². The fraction of sp³-hybridized carbons (Fsp3) is 0.409. The summed E-state index contributed by atoms with van der Waals surface area (Å²) in [6.07, 6.45) is 5.94. The van der Waals surface area contributed by atoms with Gasteiger partial charge in [-0.25, -0.2) is 0 Å². The molecule has 0 spiro atoms. The van der Waals surface area contributed by atoms with Crippen LogP contribution in [0.1, 0.15) is 59.6 Å². The largest absolute Gasteiger partial charge is 0.349 e. The van der Waals surface area contributed by atoms with Gasteiger partial charge in [-0.1, -0.05) is 0 Å². The summed E-state index contributed by atoms with van der Waals surface area (Å²) in [5.74, 6) is -0.369. The predicted molar refractivity (Wildman–Crippen MR) is 111 cm³/mol. The van der Waals surface area contributed by atoms with Crippen molar-refractivity contribution in [3.63, 3.8) is 0 Å². The van der Waals surface area contributed by atoms with Gasteiger partial charge in [-0.15, -0.1) is 11.3 Å². The average Bonchev–Trinajstić information content (AvgIpc) is 3.14. The van der Waals surface area contributed by atoms with Gasteiger partial charge >= 0.3 is 0 Å². The first-order valence-corrected chi connectivity index (χ1v) is 10.4. The standard InChI is InChI=1S/C22H24N4OS/c1-13(2)25-21(27)17(11-23)10-16-9-14(3)26(15(16)4)22-19(12-24)18-7-5-6-8-20(18)28-22/h9-10,13H,5-8H2,1-4H3,(H,25,27)/b17-10-. The Balaban J connectivity index is 2.08. The lowest BCUT2D eigenvalue weighted by Crippen LogP contribution is -2.30. The molecule has 0 saturated carbocycles. The van der Waals surface area contributed by atoms with Crippen molar-refractivity contribution < 1.29 is 4.79 Å². The van der Waals surface area contributed by atoms with Crippen LogP contribution >= 0.6 is 11.3 Å². The Morgan fingerprint density at radius 1 is 1.29 bits per heavy atom. The van der Waals surface area contributed by atoms with Gasteiger partial charge in [0.15, 0.2) is 0 Å². The van der Waals surface area contributed by atoms with Gasteiger partial charge in [0, 0.05) is 22.3 Å². The van der Waals surface area contributed by atoms with Crippen LogP contribution in [0.15, 0.2) is 11.6 Å². The van der Waals surface area contributed by atoms with Crippen molar-refractivity contribution >= 4 is 23.3 Å². The Morgan fingerprint density at radius 3 is 2.64 bits per heavy atom. The molecule has 0 fully saturated rings. The van der Waals surface area contributed by atoms with Gasteiger partial charge in [0.05, 0.1) is 5.56 Å². The number of hydrogen-bond donors (Lipinski definition) is 1. The number of hydrogen-bond acceptors (Lipinski definition) is 4. The zero-order chi connectivity index (χ0) is 20.4. The van der Waals surface area contributed by atoms with Crippen molar-refractivity contribution in [2.75, 3.05) is 0 Å². The molecule has 0 radical (unpaired) electrons. The summed E-state index contributed by atoms with van der Waals surface area (Å²) in [7, 11) is 0. The van der Waals surface area contributed by atoms with Gasteiger partial charge in [-0.05, 0) is 76.6 Å². The molecule has 2 aromatic heterocycles. The predicted octanol–water partition coefficient (Wildman–Crippen LogP) is 4.34. The van der Waals surface area contributed by atoms with Crippen LogP contribution in [-0.2, 0) is 17.6 Å². The molecule has 0 aromatic carbocycles. The molecule has 5 nitrogen and oxygen atoms in total. The van der Waals surface area contributed by atoms with Gasteiger partial charge in [-0.2, -0.15) is 10.5 Å². The minimum Gasteiger partial charge on any atom is -0.349 e. The SMILES string of the molecule is Cc1cc(/C=C(/C#N)C(=O)NC(C)C)c(C)n1-c1sc2c(c1C#N)CCCC2. The number of carbonyl (C=O) groups is 1. The maximum absolute atomic E-state index is 12.2. The molecule has 144 valence electrons. The fourth-order valence-corrected chi connectivity index (χ4v) is 5.16. The van der Waals surface area contributed by atoms with Crippen LogP contribution in [0.4, 0.5) is 0 Å². The number of aryl methyl sites for hydroxylation is 2. The molecular weight excluding hydrogens is 368 g/mol. The fourth-order valence-electron chi connectivity index (χ4n) is 3.71. The number of carbonyl (C=O) groups excluding carboxylic acids is 1. The molecule has 0 saturated heterocycles. The van der Waals surface area contributed by atoms with E-state index in [1.165, 1.54) is 16.9 Å². The molecule has 3 rings (SSSR count). The highest BCUT2D eigenvalue weighted by Crippen LogP contribution is 2.38. The number of thiophene rings is 1. The minimum absolute atomic E-state index is 0.0349. The second-order valence-corrected chi connectivity index (χ2v) is 8.55. The Hall–Kier alpha value is -2.83. The first kappa shape index (κ1) is 19.9. The van der Waals surface area contributed by atoms with E-state index in [9.17, 15) is 15.3 Å². The van der Waals surface area contributed by atoms with E-state index < -0.39 is 0 Å². The van der Waals surface area contributed by atoms with Crippen LogP contribution in [0.3, 0.4) is 0 Å². The van der Waals surface area contributed by atoms with Crippen molar-refractivity contribution in [2.24, 2.45) is 0 Å². The van der Waals surface area contributed by atoms with Gasteiger partial charge < -0.3 is 9.88 Å². The average molecular weight is 393 g/mol. The Bertz CT molecular complexity index is 1040. The highest BCUT2D eigenvalue weighted by atomic mass is 32.1. The molecule has 0 unspecified atom stereocenters. The Kier molecular flexibility index (Phi) is 5.72. The molecule has 1 amide bonds. The first-order valence-electron chi connectivity index (χ1n) is 9.54. The third kappa shape index (κ3) is 3.61. The van der Waals surface area contributed by atoms with Gasteiger partial charge in [0.1, 0.15) is 22.7 Å². The van der Waals surface area contributed by atoms with Crippen molar-refractivity contribution in [2.45, 2.75) is 59.4 Å². The summed E-state index contributed by atoms with van der Waals surface area (Å²) >= 11 is 1.70. The highest BCUT2D eigenvalue weighted by molar-refractivity contribution is 7.15. The molecule has 2 aromatic rings. The van der Waals surface area contributed by atoms with E-state index >= 15 is 0 Å². The second-order valence-electron chi connectivity index (χ2n) is 7.46. The zero-order valence-electron chi connectivity index (χ0n) is 16.7. The third-order valence-corrected chi connectivity index (χ3v) is 6.30. The van der Waals surface area contributed by atoms with Gasteiger partial charge in [-0.3, -0.25) is 4.79 Å². The summed E-state index contributed by atoms with van der Waals surface area (Å²) in [5.41, 5.74) is 4.80. The normalized spacial score (nSPS) is 13.8. The molecule has 0 atom stereocenters. The molecule has 1 N–H and O–H groups in total. The highest BCUT2D eigenvalue weighted by Gasteiger charge is 2.24. The lowest BCUT2D eigenvalue weighted by Gasteiger charge is -2.10. The molecule has 2 heterocycles. The number of aromatic nitrogens is 1. The van der Waals surface area contributed by atoms with Crippen LogP contribution in [0.2, 0.25) is 0 Å². The number of fused-ring (bicyclic) bond motifs is 1. The number of nitriles is 2. The molecule has 0 aliphatic heterocycles. The third-order valence-electron chi connectivity index (χ3n) is 5.02. The summed E-state index contributed by atoms with van der Waals surface area (Å²) < 4.78 is 2.09. The van der Waals surface area contributed by atoms with E-state index in [4.69, 9.17) is 0 Å². The molecule has 1 aliphatic rings. The van der Waals surface area contributed by atoms with E-state index in [1.807, 2.05) is 39.8 Å². The maximum atomic E-state index is 12.2. The molecule has 6 heteroatoms. The van der Waals surface area contributed by atoms with Crippen LogP contribution in [0.5, 0.6) is 0 Å². The number of nitrogens with one attached hydrogen (secondary N) is 1. The molecule has 0 bridgehead atoms. The summed E-state index contributed by atoms with van der Waals surface area (Å²) in [6, 6.07) is 6.35. The molecular formula is C22H24N4OS. The maximum Gasteiger partial charge on any atom is 0.262 e. The van der Waals surface area contributed by atoms with Crippen LogP contribution in [0, 0.1) is 36.5 Å². The molecule has 28 heavy (non-hydrogen) atoms. The van der Waals surface area contributed by atoms with Gasteiger partial charge in [0.25, 0.3) is 5.91 Å². The topological polar surface area (TPSA) is 81.6 Å². The van der Waals surface area contributed by atoms with Crippen molar-refractivity contribution in [3.8, 4) is 17.1 Å². The lowest BCUT2D eigenvalue weighted by molar-refractivity contribution is -0.117. The quantitative estimate of drug-likeness (QED) is 0.621. The number of amides is 1. The summed E-state index contributed by atoms with van der Waals surface area (Å²) in [5, 5.41) is 22.9. The van der Waals surface area contributed by atoms with Crippen LogP contribution < -0.4 is 5.32 Å². The van der Waals surface area contributed by atoms with E-state index in [2.05, 4.69) is 16.0 Å². The first-order chi connectivity index (χ1) is 13.4. The van der Waals surface area contributed by atoms with Crippen LogP contribution in [-0.4, -0.2) is 16.5 Å². The zero-order valence-corrected chi connectivity index (χ0v) is 17.5. The van der Waals surface area contributed by atoms with Crippen molar-refractivity contribution in [1.29, 1.82) is 10.5 Å². The van der Waals surface area contributed by atoms with E-state index in [1.54, 1.807) is 17.4 Å².